The highest BCUT2D eigenvalue weighted by atomic mass is 16.4. The number of aromatic nitrogens is 1. The minimum Gasteiger partial charge on any atom is -0.464 e. The van der Waals surface area contributed by atoms with Crippen molar-refractivity contribution >= 4 is 17.0 Å². The molecule has 3 aromatic carbocycles. The summed E-state index contributed by atoms with van der Waals surface area (Å²) in [7, 11) is 0. The van der Waals surface area contributed by atoms with Gasteiger partial charge >= 0.3 is 6.09 Å². The Kier molecular flexibility index (Phi) is 6.80. The van der Waals surface area contributed by atoms with E-state index in [2.05, 4.69) is 66.0 Å². The number of rotatable bonds is 9. The van der Waals surface area contributed by atoms with E-state index in [0.717, 1.165) is 48.8 Å². The number of carboxylic acid groups (broad SMARTS) is 1. The third-order valence-corrected chi connectivity index (χ3v) is 5.81. The lowest BCUT2D eigenvalue weighted by Gasteiger charge is -2.18. The molecule has 0 unspecified atom stereocenters. The molecular formula is C27H28N2O2. The lowest BCUT2D eigenvalue weighted by atomic mass is 9.88. The molecule has 0 saturated heterocycles. The molecule has 0 amide bonds. The summed E-state index contributed by atoms with van der Waals surface area (Å²) in [5.74, 6) is 0.378. The van der Waals surface area contributed by atoms with Gasteiger partial charge in [-0.2, -0.15) is 0 Å². The maximum Gasteiger partial charge on any atom is 0.416 e. The van der Waals surface area contributed by atoms with Crippen molar-refractivity contribution < 1.29 is 9.90 Å². The van der Waals surface area contributed by atoms with Crippen LogP contribution in [0.15, 0.2) is 91.1 Å². The summed E-state index contributed by atoms with van der Waals surface area (Å²) in [4.78, 5) is 11.5. The number of nitrogens with one attached hydrogen (secondary N) is 1. The van der Waals surface area contributed by atoms with E-state index in [1.54, 1.807) is 6.20 Å². The second-order valence-corrected chi connectivity index (χ2v) is 7.84. The van der Waals surface area contributed by atoms with E-state index in [4.69, 9.17) is 0 Å². The molecular weight excluding hydrogens is 384 g/mol. The number of para-hydroxylation sites is 1. The van der Waals surface area contributed by atoms with Crippen LogP contribution in [0.4, 0.5) is 4.79 Å². The van der Waals surface area contributed by atoms with Crippen LogP contribution in [0.25, 0.3) is 10.9 Å². The summed E-state index contributed by atoms with van der Waals surface area (Å²) < 4.78 is 1.32. The Bertz CT molecular complexity index is 1080. The molecule has 0 radical (unpaired) electrons. The highest BCUT2D eigenvalue weighted by Crippen LogP contribution is 2.27. The smallest absolute Gasteiger partial charge is 0.416 e. The van der Waals surface area contributed by atoms with E-state index in [1.807, 2.05) is 24.3 Å². The highest BCUT2D eigenvalue weighted by molar-refractivity contribution is 5.91. The van der Waals surface area contributed by atoms with Crippen LogP contribution in [-0.4, -0.2) is 28.9 Å². The second-order valence-electron chi connectivity index (χ2n) is 7.84. The van der Waals surface area contributed by atoms with Gasteiger partial charge < -0.3 is 10.4 Å². The largest absolute Gasteiger partial charge is 0.464 e. The van der Waals surface area contributed by atoms with Crippen molar-refractivity contribution in [3.8, 4) is 0 Å². The fourth-order valence-corrected chi connectivity index (χ4v) is 4.28. The van der Waals surface area contributed by atoms with E-state index in [1.165, 1.54) is 15.7 Å². The van der Waals surface area contributed by atoms with Gasteiger partial charge in [0.2, 0.25) is 0 Å². The number of fused-ring (bicyclic) bond motifs is 1. The average Bonchev–Trinajstić information content (AvgIpc) is 3.19. The highest BCUT2D eigenvalue weighted by Gasteiger charge is 2.14. The zero-order chi connectivity index (χ0) is 21.5. The second kappa shape index (κ2) is 10.1. The molecule has 0 bridgehead atoms. The van der Waals surface area contributed by atoms with E-state index in [9.17, 15) is 9.90 Å². The molecule has 31 heavy (non-hydrogen) atoms. The molecule has 0 aliphatic heterocycles. The Morgan fingerprint density at radius 2 is 1.45 bits per heavy atom. The fraction of sp³-hybridized carbons (Fsp3) is 0.222. The van der Waals surface area contributed by atoms with Crippen LogP contribution in [0.2, 0.25) is 0 Å². The summed E-state index contributed by atoms with van der Waals surface area (Å²) in [6.45, 7) is 1.84. The van der Waals surface area contributed by atoms with Crippen LogP contribution in [0.1, 0.15) is 35.4 Å². The first-order chi connectivity index (χ1) is 15.2. The summed E-state index contributed by atoms with van der Waals surface area (Å²) in [5, 5.41) is 14.0. The molecule has 0 aliphatic carbocycles. The van der Waals surface area contributed by atoms with Gasteiger partial charge in [-0.05, 0) is 55.1 Å². The van der Waals surface area contributed by atoms with Gasteiger partial charge in [0.15, 0.2) is 0 Å². The van der Waals surface area contributed by atoms with Crippen molar-refractivity contribution in [2.45, 2.75) is 25.2 Å². The minimum absolute atomic E-state index is 0.378. The van der Waals surface area contributed by atoms with Crippen molar-refractivity contribution in [1.82, 2.24) is 9.88 Å². The first-order valence-corrected chi connectivity index (χ1v) is 10.9. The number of benzene rings is 3. The van der Waals surface area contributed by atoms with Crippen LogP contribution in [-0.2, 0) is 6.42 Å². The Morgan fingerprint density at radius 3 is 2.10 bits per heavy atom. The van der Waals surface area contributed by atoms with Crippen molar-refractivity contribution in [3.63, 3.8) is 0 Å². The molecule has 0 spiro atoms. The summed E-state index contributed by atoms with van der Waals surface area (Å²) in [6, 6.07) is 29.1. The summed E-state index contributed by atoms with van der Waals surface area (Å²) in [6.07, 6.45) is 3.68. The molecule has 2 N–H and O–H groups in total. The molecule has 4 heteroatoms. The number of hydrogen-bond donors (Lipinski definition) is 2. The van der Waals surface area contributed by atoms with Crippen molar-refractivity contribution in [2.75, 3.05) is 13.1 Å². The first-order valence-electron chi connectivity index (χ1n) is 10.9. The van der Waals surface area contributed by atoms with Gasteiger partial charge in [-0.3, -0.25) is 4.57 Å². The average molecular weight is 413 g/mol. The van der Waals surface area contributed by atoms with E-state index < -0.39 is 6.09 Å². The van der Waals surface area contributed by atoms with Crippen LogP contribution in [0, 0.1) is 0 Å². The molecule has 4 rings (SSSR count). The number of aryl methyl sites for hydroxylation is 1. The van der Waals surface area contributed by atoms with Crippen LogP contribution < -0.4 is 5.32 Å². The molecule has 1 heterocycles. The Morgan fingerprint density at radius 1 is 0.839 bits per heavy atom. The zero-order valence-corrected chi connectivity index (χ0v) is 17.6. The lowest BCUT2D eigenvalue weighted by molar-refractivity contribution is 0.197. The first kappa shape index (κ1) is 20.9. The zero-order valence-electron chi connectivity index (χ0n) is 17.6. The standard InChI is InChI=1S/C27H28N2O2/c30-27(31)29-20-23(25-15-7-8-16-26(25)29)14-9-18-28-19-17-24(21-10-3-1-4-11-21)22-12-5-2-6-13-22/h1-8,10-13,15-16,20,24,28H,9,14,17-19H2,(H,30,31). The van der Waals surface area contributed by atoms with Crippen LogP contribution >= 0.6 is 0 Å². The van der Waals surface area contributed by atoms with Gasteiger partial charge in [-0.15, -0.1) is 0 Å². The predicted octanol–water partition coefficient (Wildman–Crippen LogP) is 5.91. The Hall–Kier alpha value is -3.37. The quantitative estimate of drug-likeness (QED) is 0.336. The van der Waals surface area contributed by atoms with Gasteiger partial charge in [0, 0.05) is 17.5 Å². The Labute approximate surface area is 183 Å². The third kappa shape index (κ3) is 5.04. The predicted molar refractivity (Wildman–Crippen MR) is 126 cm³/mol. The SMILES string of the molecule is O=C(O)n1cc(CCCNCCC(c2ccccc2)c2ccccc2)c2ccccc21. The minimum atomic E-state index is -0.937. The van der Waals surface area contributed by atoms with Crippen molar-refractivity contribution in [3.05, 3.63) is 108 Å². The van der Waals surface area contributed by atoms with Gasteiger partial charge in [0.05, 0.1) is 5.52 Å². The summed E-state index contributed by atoms with van der Waals surface area (Å²) >= 11 is 0. The molecule has 4 nitrogen and oxygen atoms in total. The third-order valence-electron chi connectivity index (χ3n) is 5.81. The maximum atomic E-state index is 11.5. The topological polar surface area (TPSA) is 54.3 Å². The number of carbonyl (C=O) groups is 1. The van der Waals surface area contributed by atoms with Crippen molar-refractivity contribution in [1.29, 1.82) is 0 Å². The molecule has 0 atom stereocenters. The maximum absolute atomic E-state index is 11.5. The molecule has 0 fully saturated rings. The molecule has 4 aromatic rings. The summed E-state index contributed by atoms with van der Waals surface area (Å²) in [5.41, 5.74) is 4.53. The van der Waals surface area contributed by atoms with E-state index in [-0.39, 0.29) is 0 Å². The van der Waals surface area contributed by atoms with Gasteiger partial charge in [0.25, 0.3) is 0 Å². The van der Waals surface area contributed by atoms with Crippen LogP contribution in [0.5, 0.6) is 0 Å². The number of hydrogen-bond acceptors (Lipinski definition) is 2. The van der Waals surface area contributed by atoms with E-state index >= 15 is 0 Å². The normalized spacial score (nSPS) is 11.3. The van der Waals surface area contributed by atoms with Gasteiger partial charge in [-0.25, -0.2) is 4.79 Å². The van der Waals surface area contributed by atoms with Crippen molar-refractivity contribution in [2.24, 2.45) is 0 Å². The lowest BCUT2D eigenvalue weighted by Crippen LogP contribution is -2.19. The molecule has 158 valence electrons. The monoisotopic (exact) mass is 412 g/mol. The van der Waals surface area contributed by atoms with Gasteiger partial charge in [-0.1, -0.05) is 78.9 Å². The fourth-order valence-electron chi connectivity index (χ4n) is 4.28. The molecule has 0 saturated carbocycles. The van der Waals surface area contributed by atoms with Gasteiger partial charge in [0.1, 0.15) is 0 Å². The molecule has 1 aromatic heterocycles. The Balaban J connectivity index is 1.32. The van der Waals surface area contributed by atoms with Crippen LogP contribution in [0.3, 0.4) is 0 Å². The van der Waals surface area contributed by atoms with E-state index in [0.29, 0.717) is 5.92 Å². The number of nitrogens with zero attached hydrogens (tertiary/aromatic N) is 1. The molecule has 0 aliphatic rings.